The summed E-state index contributed by atoms with van der Waals surface area (Å²) in [6, 6.07) is 15.1. The van der Waals surface area contributed by atoms with Crippen molar-refractivity contribution in [2.24, 2.45) is 5.73 Å². The minimum absolute atomic E-state index is 0.185. The van der Waals surface area contributed by atoms with Crippen LogP contribution in [0.3, 0.4) is 0 Å². The molecule has 1 heterocycles. The van der Waals surface area contributed by atoms with E-state index in [1.807, 2.05) is 0 Å². The van der Waals surface area contributed by atoms with Crippen LogP contribution >= 0.6 is 11.6 Å². The van der Waals surface area contributed by atoms with E-state index in [0.29, 0.717) is 0 Å². The van der Waals surface area contributed by atoms with Gasteiger partial charge in [0, 0.05) is 29.8 Å². The predicted octanol–water partition coefficient (Wildman–Crippen LogP) is 4.14. The van der Waals surface area contributed by atoms with Gasteiger partial charge in [0.25, 0.3) is 0 Å². The smallest absolute Gasteiger partial charge is 0.0459 e. The summed E-state index contributed by atoms with van der Waals surface area (Å²) in [4.78, 5) is 2.36. The quantitative estimate of drug-likeness (QED) is 0.919. The maximum absolute atomic E-state index is 6.44. The number of nitrogens with two attached hydrogens (primary N) is 1. The Labute approximate surface area is 131 Å². The van der Waals surface area contributed by atoms with E-state index in [2.05, 4.69) is 54.3 Å². The summed E-state index contributed by atoms with van der Waals surface area (Å²) in [6.07, 6.45) is 1.81. The molecule has 0 aromatic heterocycles. The van der Waals surface area contributed by atoms with Gasteiger partial charge in [-0.15, -0.1) is 0 Å². The van der Waals surface area contributed by atoms with Crippen molar-refractivity contribution in [3.8, 4) is 0 Å². The van der Waals surface area contributed by atoms with E-state index < -0.39 is 0 Å². The molecule has 21 heavy (non-hydrogen) atoms. The number of anilines is 1. The van der Waals surface area contributed by atoms with Crippen molar-refractivity contribution < 1.29 is 0 Å². The van der Waals surface area contributed by atoms with Crippen LogP contribution in [0, 0.1) is 0 Å². The summed E-state index contributed by atoms with van der Waals surface area (Å²) in [6.45, 7) is 4.02. The van der Waals surface area contributed by atoms with Crippen LogP contribution in [0.2, 0.25) is 5.02 Å². The largest absolute Gasteiger partial charge is 0.363 e. The van der Waals surface area contributed by atoms with Crippen LogP contribution in [-0.2, 0) is 19.5 Å². The van der Waals surface area contributed by atoms with Crippen molar-refractivity contribution in [3.63, 3.8) is 0 Å². The van der Waals surface area contributed by atoms with Gasteiger partial charge in [-0.1, -0.05) is 48.9 Å². The third-order valence-corrected chi connectivity index (χ3v) is 4.60. The Hall–Kier alpha value is -1.51. The van der Waals surface area contributed by atoms with Crippen molar-refractivity contribution >= 4 is 17.3 Å². The first-order valence-electron chi connectivity index (χ1n) is 7.53. The summed E-state index contributed by atoms with van der Waals surface area (Å²) in [7, 11) is 0. The zero-order valence-corrected chi connectivity index (χ0v) is 13.1. The molecule has 110 valence electrons. The number of fused-ring (bicyclic) bond motifs is 1. The molecular formula is C18H21ClN2. The van der Waals surface area contributed by atoms with Gasteiger partial charge in [-0.05, 0) is 41.7 Å². The molecule has 0 amide bonds. The normalized spacial score (nSPS) is 15.1. The Morgan fingerprint density at radius 1 is 1.14 bits per heavy atom. The number of rotatable bonds is 4. The van der Waals surface area contributed by atoms with E-state index >= 15 is 0 Å². The molecule has 2 aromatic rings. The average molecular weight is 301 g/mol. The number of hydrogen-bond donors (Lipinski definition) is 1. The molecular weight excluding hydrogens is 280 g/mol. The molecule has 2 aromatic carbocycles. The zero-order valence-electron chi connectivity index (χ0n) is 12.3. The van der Waals surface area contributed by atoms with Crippen LogP contribution in [0.4, 0.5) is 5.69 Å². The summed E-state index contributed by atoms with van der Waals surface area (Å²) >= 11 is 6.44. The molecule has 0 radical (unpaired) electrons. The third-order valence-electron chi connectivity index (χ3n) is 4.25. The van der Waals surface area contributed by atoms with Crippen LogP contribution in [0.15, 0.2) is 42.5 Å². The molecule has 1 aliphatic heterocycles. The SMILES string of the molecule is CCC(N)Cc1ccc(N2Cc3ccccc3C2)cc1Cl. The fraction of sp³-hybridized carbons (Fsp3) is 0.333. The van der Waals surface area contributed by atoms with Gasteiger partial charge in [0.1, 0.15) is 0 Å². The minimum Gasteiger partial charge on any atom is -0.363 e. The van der Waals surface area contributed by atoms with Crippen molar-refractivity contribution in [2.75, 3.05) is 4.90 Å². The monoisotopic (exact) mass is 300 g/mol. The Morgan fingerprint density at radius 2 is 1.81 bits per heavy atom. The molecule has 0 aliphatic carbocycles. The van der Waals surface area contributed by atoms with E-state index in [1.165, 1.54) is 16.8 Å². The molecule has 1 atom stereocenters. The number of nitrogens with zero attached hydrogens (tertiary/aromatic N) is 1. The van der Waals surface area contributed by atoms with Gasteiger partial charge in [-0.3, -0.25) is 0 Å². The van der Waals surface area contributed by atoms with Crippen molar-refractivity contribution in [2.45, 2.75) is 38.9 Å². The zero-order chi connectivity index (χ0) is 14.8. The molecule has 3 rings (SSSR count). The molecule has 2 N–H and O–H groups in total. The lowest BCUT2D eigenvalue weighted by Gasteiger charge is -2.19. The van der Waals surface area contributed by atoms with Crippen LogP contribution in [0.25, 0.3) is 0 Å². The Bertz CT molecular complexity index is 614. The van der Waals surface area contributed by atoms with Crippen molar-refractivity contribution in [1.82, 2.24) is 0 Å². The highest BCUT2D eigenvalue weighted by Gasteiger charge is 2.19. The van der Waals surface area contributed by atoms with E-state index in [9.17, 15) is 0 Å². The van der Waals surface area contributed by atoms with Gasteiger partial charge in [0.15, 0.2) is 0 Å². The lowest BCUT2D eigenvalue weighted by molar-refractivity contribution is 0.646. The third kappa shape index (κ3) is 3.07. The van der Waals surface area contributed by atoms with Gasteiger partial charge in [0.05, 0.1) is 0 Å². The first kappa shape index (κ1) is 14.4. The summed E-state index contributed by atoms with van der Waals surface area (Å²) in [5.41, 5.74) is 11.2. The summed E-state index contributed by atoms with van der Waals surface area (Å²) in [5, 5.41) is 0.826. The molecule has 2 nitrogen and oxygen atoms in total. The van der Waals surface area contributed by atoms with E-state index in [4.69, 9.17) is 17.3 Å². The average Bonchev–Trinajstić information content (AvgIpc) is 2.93. The van der Waals surface area contributed by atoms with Crippen LogP contribution in [-0.4, -0.2) is 6.04 Å². The second-order valence-electron chi connectivity index (χ2n) is 5.77. The molecule has 0 saturated carbocycles. The Morgan fingerprint density at radius 3 is 2.38 bits per heavy atom. The van der Waals surface area contributed by atoms with Crippen LogP contribution in [0.5, 0.6) is 0 Å². The van der Waals surface area contributed by atoms with Gasteiger partial charge < -0.3 is 10.6 Å². The van der Waals surface area contributed by atoms with Gasteiger partial charge in [0.2, 0.25) is 0 Å². The van der Waals surface area contributed by atoms with Gasteiger partial charge >= 0.3 is 0 Å². The first-order chi connectivity index (χ1) is 10.2. The van der Waals surface area contributed by atoms with Gasteiger partial charge in [-0.25, -0.2) is 0 Å². The summed E-state index contributed by atoms with van der Waals surface area (Å²) in [5.74, 6) is 0. The molecule has 3 heteroatoms. The Balaban J connectivity index is 1.78. The Kier molecular flexibility index (Phi) is 4.18. The molecule has 0 saturated heterocycles. The number of hydrogen-bond acceptors (Lipinski definition) is 2. The second kappa shape index (κ2) is 6.08. The standard InChI is InChI=1S/C18H21ClN2/c1-2-16(20)9-13-7-8-17(10-18(13)19)21-11-14-5-3-4-6-15(14)12-21/h3-8,10,16H,2,9,11-12,20H2,1H3. The molecule has 0 fully saturated rings. The topological polar surface area (TPSA) is 29.3 Å². The fourth-order valence-corrected chi connectivity index (χ4v) is 3.09. The van der Waals surface area contributed by atoms with Gasteiger partial charge in [-0.2, -0.15) is 0 Å². The summed E-state index contributed by atoms with van der Waals surface area (Å²) < 4.78 is 0. The van der Waals surface area contributed by atoms with Crippen molar-refractivity contribution in [1.29, 1.82) is 0 Å². The second-order valence-corrected chi connectivity index (χ2v) is 6.18. The highest BCUT2D eigenvalue weighted by molar-refractivity contribution is 6.31. The highest BCUT2D eigenvalue weighted by atomic mass is 35.5. The van der Waals surface area contributed by atoms with E-state index in [-0.39, 0.29) is 6.04 Å². The number of halogens is 1. The molecule has 1 aliphatic rings. The lowest BCUT2D eigenvalue weighted by atomic mass is 10.0. The molecule has 0 spiro atoms. The van der Waals surface area contributed by atoms with E-state index in [1.54, 1.807) is 0 Å². The number of benzene rings is 2. The van der Waals surface area contributed by atoms with E-state index in [0.717, 1.165) is 36.5 Å². The fourth-order valence-electron chi connectivity index (χ4n) is 2.84. The maximum atomic E-state index is 6.44. The highest BCUT2D eigenvalue weighted by Crippen LogP contribution is 2.31. The van der Waals surface area contributed by atoms with Crippen molar-refractivity contribution in [3.05, 3.63) is 64.2 Å². The minimum atomic E-state index is 0.185. The maximum Gasteiger partial charge on any atom is 0.0459 e. The van der Waals surface area contributed by atoms with Crippen LogP contribution < -0.4 is 10.6 Å². The molecule has 0 bridgehead atoms. The lowest BCUT2D eigenvalue weighted by Crippen LogP contribution is -2.21. The van der Waals surface area contributed by atoms with Crippen LogP contribution in [0.1, 0.15) is 30.0 Å². The molecule has 1 unspecified atom stereocenters. The predicted molar refractivity (Wildman–Crippen MR) is 89.8 cm³/mol. The first-order valence-corrected chi connectivity index (χ1v) is 7.91.